The molecule has 0 atom stereocenters. The van der Waals surface area contributed by atoms with Crippen molar-refractivity contribution >= 4 is 17.5 Å². The summed E-state index contributed by atoms with van der Waals surface area (Å²) in [5, 5.41) is 4.38. The highest BCUT2D eigenvalue weighted by atomic mass is 19.4. The van der Waals surface area contributed by atoms with Crippen LogP contribution in [-0.2, 0) is 15.8 Å². The van der Waals surface area contributed by atoms with Crippen LogP contribution in [0.5, 0.6) is 0 Å². The van der Waals surface area contributed by atoms with Gasteiger partial charge in [-0.3, -0.25) is 14.4 Å². The first-order chi connectivity index (χ1) is 10.3. The van der Waals surface area contributed by atoms with Gasteiger partial charge in [-0.25, -0.2) is 0 Å². The third-order valence-corrected chi connectivity index (χ3v) is 3.38. The highest BCUT2D eigenvalue weighted by Crippen LogP contribution is 2.29. The predicted octanol–water partition coefficient (Wildman–Crippen LogP) is 1.39. The first kappa shape index (κ1) is 16.1. The van der Waals surface area contributed by atoms with Gasteiger partial charge in [-0.1, -0.05) is 12.8 Å². The number of anilines is 1. The molecule has 0 aromatic carbocycles. The van der Waals surface area contributed by atoms with Crippen LogP contribution in [0.25, 0.3) is 0 Å². The molecule has 2 rings (SSSR count). The molecule has 0 radical (unpaired) electrons. The van der Waals surface area contributed by atoms with Crippen molar-refractivity contribution in [2.45, 2.75) is 37.9 Å². The zero-order chi connectivity index (χ0) is 16.3. The number of H-pyrrole nitrogens is 1. The van der Waals surface area contributed by atoms with Crippen LogP contribution in [-0.4, -0.2) is 22.8 Å². The molecule has 1 aliphatic carbocycles. The lowest BCUT2D eigenvalue weighted by Gasteiger charge is -2.12. The third-order valence-electron chi connectivity index (χ3n) is 3.38. The zero-order valence-corrected chi connectivity index (χ0v) is 11.4. The second-order valence-corrected chi connectivity index (χ2v) is 5.04. The van der Waals surface area contributed by atoms with Gasteiger partial charge in [0.25, 0.3) is 5.56 Å². The summed E-state index contributed by atoms with van der Waals surface area (Å²) in [5.41, 5.74) is -2.67. The van der Waals surface area contributed by atoms with E-state index in [0.717, 1.165) is 25.7 Å². The van der Waals surface area contributed by atoms with Crippen LogP contribution < -0.4 is 16.2 Å². The van der Waals surface area contributed by atoms with E-state index in [-0.39, 0.29) is 6.04 Å². The van der Waals surface area contributed by atoms with Gasteiger partial charge in [-0.2, -0.15) is 13.2 Å². The molecule has 0 spiro atoms. The Morgan fingerprint density at radius 2 is 1.82 bits per heavy atom. The van der Waals surface area contributed by atoms with Crippen LogP contribution in [0.1, 0.15) is 31.2 Å². The maximum Gasteiger partial charge on any atom is 0.417 e. The summed E-state index contributed by atoms with van der Waals surface area (Å²) in [6.45, 7) is 0. The van der Waals surface area contributed by atoms with Crippen molar-refractivity contribution in [3.8, 4) is 0 Å². The number of pyridine rings is 1. The standard InChI is InChI=1S/C13H14F3N3O3/c14-13(15,16)7-5-9(10(20)17-6-7)19-12(22)11(21)18-8-3-1-2-4-8/h5-6,8H,1-4H2,(H,17,20)(H,18,21)(H,19,22). The first-order valence-corrected chi connectivity index (χ1v) is 6.69. The molecule has 0 aliphatic heterocycles. The van der Waals surface area contributed by atoms with Crippen LogP contribution in [0, 0.1) is 0 Å². The van der Waals surface area contributed by atoms with E-state index < -0.39 is 34.8 Å². The van der Waals surface area contributed by atoms with Gasteiger partial charge in [0.1, 0.15) is 5.69 Å². The molecule has 1 fully saturated rings. The van der Waals surface area contributed by atoms with Crippen LogP contribution in [0.3, 0.4) is 0 Å². The number of carbonyl (C=O) groups is 2. The van der Waals surface area contributed by atoms with Gasteiger partial charge in [-0.05, 0) is 18.9 Å². The van der Waals surface area contributed by atoms with E-state index in [1.807, 2.05) is 10.3 Å². The predicted molar refractivity (Wildman–Crippen MR) is 71.1 cm³/mol. The Kier molecular flexibility index (Phi) is 4.53. The lowest BCUT2D eigenvalue weighted by atomic mass is 10.2. The molecule has 1 aromatic rings. The summed E-state index contributed by atoms with van der Waals surface area (Å²) >= 11 is 0. The van der Waals surface area contributed by atoms with Crippen molar-refractivity contribution in [3.05, 3.63) is 28.2 Å². The van der Waals surface area contributed by atoms with E-state index in [2.05, 4.69) is 5.32 Å². The van der Waals surface area contributed by atoms with Gasteiger partial charge in [0, 0.05) is 12.2 Å². The number of alkyl halides is 3. The Labute approximate surface area is 123 Å². The monoisotopic (exact) mass is 317 g/mol. The minimum absolute atomic E-state index is 0.113. The average Bonchev–Trinajstić information content (AvgIpc) is 2.92. The lowest BCUT2D eigenvalue weighted by Crippen LogP contribution is -2.41. The van der Waals surface area contributed by atoms with Gasteiger partial charge in [0.2, 0.25) is 0 Å². The summed E-state index contributed by atoms with van der Waals surface area (Å²) in [4.78, 5) is 36.6. The molecule has 9 heteroatoms. The molecule has 1 saturated carbocycles. The summed E-state index contributed by atoms with van der Waals surface area (Å²) in [7, 11) is 0. The molecule has 1 heterocycles. The minimum Gasteiger partial charge on any atom is -0.345 e. The number of amides is 2. The summed E-state index contributed by atoms with van der Waals surface area (Å²) in [6.07, 6.45) is -0.779. The van der Waals surface area contributed by atoms with Crippen molar-refractivity contribution < 1.29 is 22.8 Å². The molecular formula is C13H14F3N3O3. The quantitative estimate of drug-likeness (QED) is 0.720. The molecule has 0 bridgehead atoms. The van der Waals surface area contributed by atoms with E-state index in [4.69, 9.17) is 0 Å². The number of aromatic amines is 1. The number of hydrogen-bond donors (Lipinski definition) is 3. The molecule has 22 heavy (non-hydrogen) atoms. The fourth-order valence-electron chi connectivity index (χ4n) is 2.24. The number of carbonyl (C=O) groups excluding carboxylic acids is 2. The molecule has 0 saturated heterocycles. The number of rotatable bonds is 2. The molecule has 6 nitrogen and oxygen atoms in total. The Morgan fingerprint density at radius 3 is 2.41 bits per heavy atom. The van der Waals surface area contributed by atoms with Crippen LogP contribution in [0.4, 0.5) is 18.9 Å². The van der Waals surface area contributed by atoms with Gasteiger partial charge >= 0.3 is 18.0 Å². The second-order valence-electron chi connectivity index (χ2n) is 5.04. The number of nitrogens with one attached hydrogen (secondary N) is 3. The maximum absolute atomic E-state index is 12.6. The van der Waals surface area contributed by atoms with Crippen molar-refractivity contribution in [1.82, 2.24) is 10.3 Å². The fraction of sp³-hybridized carbons (Fsp3) is 0.462. The van der Waals surface area contributed by atoms with Gasteiger partial charge in [-0.15, -0.1) is 0 Å². The fourth-order valence-corrected chi connectivity index (χ4v) is 2.24. The average molecular weight is 317 g/mol. The second kappa shape index (κ2) is 6.20. The summed E-state index contributed by atoms with van der Waals surface area (Å²) in [5.74, 6) is -2.14. The first-order valence-electron chi connectivity index (χ1n) is 6.69. The van der Waals surface area contributed by atoms with Gasteiger partial charge in [0.15, 0.2) is 0 Å². The van der Waals surface area contributed by atoms with Crippen molar-refractivity contribution in [3.63, 3.8) is 0 Å². The summed E-state index contributed by atoms with van der Waals surface area (Å²) < 4.78 is 37.7. The van der Waals surface area contributed by atoms with Crippen molar-refractivity contribution in [2.24, 2.45) is 0 Å². The van der Waals surface area contributed by atoms with Crippen molar-refractivity contribution in [2.75, 3.05) is 5.32 Å². The molecule has 1 aromatic heterocycles. The van der Waals surface area contributed by atoms with Crippen LogP contribution >= 0.6 is 0 Å². The summed E-state index contributed by atoms with van der Waals surface area (Å²) in [6, 6.07) is 0.373. The minimum atomic E-state index is -4.67. The SMILES string of the molecule is O=C(Nc1cc(C(F)(F)F)c[nH]c1=O)C(=O)NC1CCCC1. The Morgan fingerprint density at radius 1 is 1.18 bits per heavy atom. The number of hydrogen-bond acceptors (Lipinski definition) is 3. The van der Waals surface area contributed by atoms with Crippen molar-refractivity contribution in [1.29, 1.82) is 0 Å². The van der Waals surface area contributed by atoms with E-state index in [9.17, 15) is 27.6 Å². The smallest absolute Gasteiger partial charge is 0.345 e. The Balaban J connectivity index is 2.07. The maximum atomic E-state index is 12.6. The lowest BCUT2D eigenvalue weighted by molar-refractivity contribution is -0.137. The third kappa shape index (κ3) is 3.86. The highest BCUT2D eigenvalue weighted by molar-refractivity contribution is 6.39. The molecule has 120 valence electrons. The normalized spacial score (nSPS) is 15.6. The van der Waals surface area contributed by atoms with E-state index in [1.54, 1.807) is 0 Å². The van der Waals surface area contributed by atoms with Gasteiger partial charge < -0.3 is 15.6 Å². The van der Waals surface area contributed by atoms with Crippen LogP contribution in [0.15, 0.2) is 17.1 Å². The van der Waals surface area contributed by atoms with E-state index in [1.165, 1.54) is 0 Å². The number of halogens is 3. The van der Waals surface area contributed by atoms with E-state index in [0.29, 0.717) is 12.3 Å². The largest absolute Gasteiger partial charge is 0.417 e. The number of aromatic nitrogens is 1. The Bertz CT molecular complexity index is 633. The Hall–Kier alpha value is -2.32. The van der Waals surface area contributed by atoms with E-state index >= 15 is 0 Å². The zero-order valence-electron chi connectivity index (χ0n) is 11.4. The van der Waals surface area contributed by atoms with Gasteiger partial charge in [0.05, 0.1) is 5.56 Å². The molecule has 0 unspecified atom stereocenters. The molecule has 2 amide bonds. The molecular weight excluding hydrogens is 303 g/mol. The molecule has 1 aliphatic rings. The van der Waals surface area contributed by atoms with Crippen LogP contribution in [0.2, 0.25) is 0 Å². The molecule has 3 N–H and O–H groups in total. The topological polar surface area (TPSA) is 91.1 Å². The highest BCUT2D eigenvalue weighted by Gasteiger charge is 2.32.